The number of carbonyl (C=O) groups is 12. The largest absolute Gasteiger partial charge is 0.394 e. The number of nitrogens with two attached hydrogens (primary N) is 1. The van der Waals surface area contributed by atoms with Gasteiger partial charge in [-0.05, 0) is 89.5 Å². The molecule has 0 radical (unpaired) electrons. The molecule has 1 aromatic rings. The summed E-state index contributed by atoms with van der Waals surface area (Å²) in [7, 11) is 0. The van der Waals surface area contributed by atoms with E-state index in [4.69, 9.17) is 43.6 Å². The fraction of sp³-hybridized carbons (Fsp3) is 0.778. The number of ether oxygens (including phenoxy) is 8. The predicted molar refractivity (Wildman–Crippen MR) is 419 cm³/mol. The Kier molecular flexibility index (Phi) is 57.7. The molecule has 0 saturated carbocycles. The van der Waals surface area contributed by atoms with E-state index in [-0.39, 0.29) is 74.9 Å². The van der Waals surface area contributed by atoms with Crippen LogP contribution in [-0.4, -0.2) is 260 Å². The lowest BCUT2D eigenvalue weighted by molar-refractivity contribution is -0.137. The van der Waals surface area contributed by atoms with E-state index in [2.05, 4.69) is 37.2 Å². The van der Waals surface area contributed by atoms with E-state index in [1.807, 2.05) is 20.8 Å². The van der Waals surface area contributed by atoms with Crippen LogP contribution in [0.4, 0.5) is 0 Å². The third-order valence-corrected chi connectivity index (χ3v) is 18.9. The van der Waals surface area contributed by atoms with E-state index in [0.29, 0.717) is 195 Å². The van der Waals surface area contributed by atoms with E-state index in [0.717, 1.165) is 12.8 Å². The highest BCUT2D eigenvalue weighted by Gasteiger charge is 2.38. The first-order valence-corrected chi connectivity index (χ1v) is 40.9. The summed E-state index contributed by atoms with van der Waals surface area (Å²) in [5, 5.41) is 51.5. The van der Waals surface area contributed by atoms with Gasteiger partial charge in [0.25, 0.3) is 0 Å². The summed E-state index contributed by atoms with van der Waals surface area (Å²) in [5.41, 5.74) is 6.06. The van der Waals surface area contributed by atoms with Crippen LogP contribution in [0.3, 0.4) is 0 Å². The van der Waals surface area contributed by atoms with Crippen molar-refractivity contribution in [3.8, 4) is 0 Å². The number of carbonyl (C=O) groups excluding carboxylic acids is 12. The molecule has 1 saturated heterocycles. The Bertz CT molecular complexity index is 2840. The Labute approximate surface area is 663 Å². The molecule has 1 aromatic carbocycles. The van der Waals surface area contributed by atoms with Gasteiger partial charge in [0, 0.05) is 82.8 Å². The summed E-state index contributed by atoms with van der Waals surface area (Å²) in [5.74, 6) is -12.1. The third-order valence-electron chi connectivity index (χ3n) is 18.9. The van der Waals surface area contributed by atoms with Gasteiger partial charge in [-0.1, -0.05) is 103 Å². The summed E-state index contributed by atoms with van der Waals surface area (Å²) in [4.78, 5) is 167. The second kappa shape index (κ2) is 63.7. The summed E-state index contributed by atoms with van der Waals surface area (Å²) < 4.78 is 43.6. The number of aliphatic hydroxyl groups excluding tert-OH is 3. The molecule has 1 aliphatic heterocycles. The minimum absolute atomic E-state index is 0.0498. The van der Waals surface area contributed by atoms with Crippen LogP contribution in [0.25, 0.3) is 0 Å². The van der Waals surface area contributed by atoms with Gasteiger partial charge in [0.15, 0.2) is 17.3 Å². The monoisotopic (exact) mass is 1590 g/mol. The molecule has 11 atom stereocenters. The van der Waals surface area contributed by atoms with Crippen molar-refractivity contribution in [3.63, 3.8) is 0 Å². The average molecular weight is 1590 g/mol. The highest BCUT2D eigenvalue weighted by atomic mass is 16.6. The topological polar surface area (TPSA) is 450 Å². The molecule has 12 N–H and O–H groups in total. The van der Waals surface area contributed by atoms with E-state index in [9.17, 15) is 72.9 Å². The Balaban J connectivity index is 1.93. The van der Waals surface area contributed by atoms with Crippen LogP contribution in [0, 0.1) is 29.6 Å². The predicted octanol–water partition coefficient (Wildman–Crippen LogP) is 3.74. The summed E-state index contributed by atoms with van der Waals surface area (Å²) in [6.07, 6.45) is 2.46. The summed E-state index contributed by atoms with van der Waals surface area (Å²) >= 11 is 0. The molecule has 0 bridgehead atoms. The quantitative estimate of drug-likeness (QED) is 0.0414. The van der Waals surface area contributed by atoms with Gasteiger partial charge in [0.2, 0.25) is 41.4 Å². The molecule has 1 heterocycles. The maximum atomic E-state index is 14.7. The van der Waals surface area contributed by atoms with Crippen LogP contribution >= 0.6 is 0 Å². The van der Waals surface area contributed by atoms with Gasteiger partial charge in [-0.3, -0.25) is 57.5 Å². The first-order chi connectivity index (χ1) is 53.9. The van der Waals surface area contributed by atoms with Gasteiger partial charge >= 0.3 is 0 Å². The fourth-order valence-electron chi connectivity index (χ4n) is 12.5. The van der Waals surface area contributed by atoms with Crippen molar-refractivity contribution < 1.29 is 111 Å². The molecular formula is C81H138N8O23. The highest BCUT2D eigenvalue weighted by molar-refractivity contribution is 5.98. The number of nitrogens with one attached hydrogen (secondary N) is 7. The van der Waals surface area contributed by atoms with E-state index < -0.39 is 151 Å². The zero-order valence-corrected chi connectivity index (χ0v) is 68.0. The lowest BCUT2D eigenvalue weighted by Crippen LogP contribution is -2.56. The number of unbranched alkanes of at least 4 members (excludes halogenated alkanes) is 5. The van der Waals surface area contributed by atoms with Gasteiger partial charge < -0.3 is 96.2 Å². The molecule has 1 fully saturated rings. The molecule has 112 heavy (non-hydrogen) atoms. The van der Waals surface area contributed by atoms with Gasteiger partial charge in [-0.15, -0.1) is 0 Å². The Morgan fingerprint density at radius 2 is 0.973 bits per heavy atom. The normalized spacial score (nSPS) is 19.9. The molecule has 0 spiro atoms. The van der Waals surface area contributed by atoms with E-state index >= 15 is 0 Å². The molecule has 1 aliphatic rings. The van der Waals surface area contributed by atoms with Crippen LogP contribution in [0.2, 0.25) is 0 Å². The Morgan fingerprint density at radius 1 is 0.518 bits per heavy atom. The number of rotatable bonds is 59. The van der Waals surface area contributed by atoms with Gasteiger partial charge in [0.05, 0.1) is 148 Å². The van der Waals surface area contributed by atoms with Gasteiger partial charge in [-0.2, -0.15) is 0 Å². The number of ketones is 5. The number of hydrogen-bond donors (Lipinski definition) is 11. The first kappa shape index (κ1) is 101. The van der Waals surface area contributed by atoms with E-state index in [1.54, 1.807) is 44.2 Å². The number of hydrogen-bond acceptors (Lipinski definition) is 24. The third kappa shape index (κ3) is 47.3. The second-order valence-corrected chi connectivity index (χ2v) is 29.1. The van der Waals surface area contributed by atoms with Gasteiger partial charge in [-0.25, -0.2) is 0 Å². The van der Waals surface area contributed by atoms with Crippen LogP contribution < -0.4 is 43.0 Å². The maximum absolute atomic E-state index is 14.7. The van der Waals surface area contributed by atoms with E-state index in [1.165, 1.54) is 13.8 Å². The van der Waals surface area contributed by atoms with Crippen molar-refractivity contribution in [2.45, 2.75) is 245 Å². The molecule has 31 heteroatoms. The molecule has 0 unspecified atom stereocenters. The lowest BCUT2D eigenvalue weighted by atomic mass is 9.89. The lowest BCUT2D eigenvalue weighted by Gasteiger charge is -2.28. The summed E-state index contributed by atoms with van der Waals surface area (Å²) in [6, 6.07) is 2.60. The highest BCUT2D eigenvalue weighted by Crippen LogP contribution is 2.22. The summed E-state index contributed by atoms with van der Waals surface area (Å²) in [6.45, 7) is 18.4. The van der Waals surface area contributed by atoms with Crippen molar-refractivity contribution in [2.24, 2.45) is 35.3 Å². The zero-order chi connectivity index (χ0) is 82.7. The standard InChI is InChI=1S/C81H138N8O23/c1-8-21-67-72(95)53-62(51-60-24-15-13-16-25-60)77(100)88-70(50-57(4)5)81(104)87-69(23-10-3)80(103)86-68(22-9-2)74(97)55-66(59(7)92)78(101)84-33-29-61(76(99)85-67)52-73(96)71(56-90)89-79(102)65(58(6)91)54-64(94)27-18-14-20-32-83-75(98)28-19-12-11-17-26-63(93)30-34-105-36-38-107-40-42-109-44-46-111-48-49-112-47-45-110-43-41-108-39-37-106-35-31-82/h13,15-16,24-25,57-59,61-62,65-71,90-92H,8-12,14,17-23,26-56,82H2,1-7H3,(H,83,98)(H,84,101)(H,85,99)(H,86,103)(H,87,104)(H,88,100)(H,89,102)/t58-,59-,61-,62+,65+,66+,67+,68+,69+,70+,71-/m1/s1. The van der Waals surface area contributed by atoms with Crippen molar-refractivity contribution in [2.75, 3.05) is 132 Å². The minimum atomic E-state index is -1.65. The van der Waals surface area contributed by atoms with Crippen molar-refractivity contribution in [3.05, 3.63) is 35.9 Å². The first-order valence-electron chi connectivity index (χ1n) is 40.9. The SMILES string of the molecule is CCC[C@@H]1NC(=O)[C@@H](CC(=O)[C@@H](CO)NC(=O)[C@@H](CC(=O)CCCCCNC(=O)CCCCCCC(=O)CCOCCOCCOCCOCCOCCOCCOCCOCCN)[C@@H](C)O)CCNC(=O)[C@H]([C@@H](C)O)CC(=O)[C@H](CCC)NC(=O)[C@H](CCC)NC(=O)[C@H](CC(C)C)NC(=O)[C@@H](Cc2ccccc2)CC1=O. The molecule has 31 nitrogen and oxygen atoms in total. The molecule has 0 aliphatic carbocycles. The van der Waals surface area contributed by atoms with Gasteiger partial charge in [0.1, 0.15) is 29.7 Å². The average Bonchev–Trinajstić information content (AvgIpc) is 1.02. The Hall–Kier alpha value is -6.62. The van der Waals surface area contributed by atoms with Crippen LogP contribution in [-0.2, 0) is 102 Å². The fourth-order valence-corrected chi connectivity index (χ4v) is 12.5. The molecule has 640 valence electrons. The van der Waals surface area contributed by atoms with Crippen molar-refractivity contribution >= 4 is 70.3 Å². The molecular weight excluding hydrogens is 1450 g/mol. The number of benzene rings is 1. The van der Waals surface area contributed by atoms with Crippen molar-refractivity contribution in [1.29, 1.82) is 0 Å². The second-order valence-electron chi connectivity index (χ2n) is 29.1. The smallest absolute Gasteiger partial charge is 0.243 e. The molecule has 0 aromatic heterocycles. The van der Waals surface area contributed by atoms with Crippen LogP contribution in [0.5, 0.6) is 0 Å². The zero-order valence-electron chi connectivity index (χ0n) is 68.0. The maximum Gasteiger partial charge on any atom is 0.243 e. The van der Waals surface area contributed by atoms with Crippen molar-refractivity contribution in [1.82, 2.24) is 37.2 Å². The number of aliphatic hydroxyl groups is 3. The van der Waals surface area contributed by atoms with Crippen LogP contribution in [0.15, 0.2) is 30.3 Å². The molecule has 2 rings (SSSR count). The number of Topliss-reactive ketones (excluding diaryl/α,β-unsaturated/α-hetero) is 5. The number of amides is 7. The molecule has 7 amide bonds. The minimum Gasteiger partial charge on any atom is -0.394 e. The van der Waals surface area contributed by atoms with Crippen LogP contribution in [0.1, 0.15) is 202 Å². The Morgan fingerprint density at radius 3 is 1.48 bits per heavy atom.